The first kappa shape index (κ1) is 9.21. The lowest BCUT2D eigenvalue weighted by Crippen LogP contribution is -1.95. The average molecular weight is 211 g/mol. The summed E-state index contributed by atoms with van der Waals surface area (Å²) in [5.74, 6) is -0.468. The lowest BCUT2D eigenvalue weighted by molar-refractivity contribution is 0.634. The van der Waals surface area contributed by atoms with Crippen LogP contribution in [-0.2, 0) is 0 Å². The van der Waals surface area contributed by atoms with Gasteiger partial charge in [-0.15, -0.1) is 0 Å². The second-order valence-corrected chi connectivity index (χ2v) is 3.49. The lowest BCUT2D eigenvalue weighted by Gasteiger charge is -2.05. The average Bonchev–Trinajstić information content (AvgIpc) is 2.17. The molecule has 0 bridgehead atoms. The number of fused-ring (bicyclic) bond motifs is 1. The molecule has 0 atom stereocenters. The van der Waals surface area contributed by atoms with Crippen molar-refractivity contribution in [2.45, 2.75) is 6.92 Å². The minimum absolute atomic E-state index is 0.0457. The molecule has 0 amide bonds. The lowest BCUT2D eigenvalue weighted by atomic mass is 10.1. The Labute approximate surface area is 85.5 Å². The first-order chi connectivity index (χ1) is 6.61. The number of anilines is 1. The summed E-state index contributed by atoms with van der Waals surface area (Å²) < 4.78 is 13.1. The van der Waals surface area contributed by atoms with E-state index in [1.54, 1.807) is 12.3 Å². The number of aromatic nitrogens is 1. The number of halogens is 2. The number of hydrogen-bond donors (Lipinski definition) is 1. The number of nitrogens with two attached hydrogens (primary N) is 1. The molecule has 2 N–H and O–H groups in total. The number of nitrogens with zero attached hydrogens (tertiary/aromatic N) is 1. The quantitative estimate of drug-likeness (QED) is 0.679. The molecule has 14 heavy (non-hydrogen) atoms. The predicted molar refractivity (Wildman–Crippen MR) is 55.9 cm³/mol. The van der Waals surface area contributed by atoms with Gasteiger partial charge in [-0.3, -0.25) is 4.98 Å². The van der Waals surface area contributed by atoms with Crippen molar-refractivity contribution < 1.29 is 4.39 Å². The molecular weight excluding hydrogens is 203 g/mol. The molecule has 0 aliphatic heterocycles. The maximum Gasteiger partial charge on any atom is 0.148 e. The maximum absolute atomic E-state index is 13.1. The molecule has 0 aliphatic carbocycles. The van der Waals surface area contributed by atoms with Gasteiger partial charge in [-0.1, -0.05) is 11.6 Å². The molecule has 1 aromatic heterocycles. The molecule has 2 rings (SSSR count). The van der Waals surface area contributed by atoms with Crippen LogP contribution in [0.5, 0.6) is 0 Å². The highest BCUT2D eigenvalue weighted by Gasteiger charge is 2.09. The molecule has 0 unspecified atom stereocenters. The second-order valence-electron chi connectivity index (χ2n) is 3.11. The summed E-state index contributed by atoms with van der Waals surface area (Å²) in [7, 11) is 0. The molecule has 0 fully saturated rings. The summed E-state index contributed by atoms with van der Waals surface area (Å²) >= 11 is 6.03. The number of nitrogen functional groups attached to an aromatic ring is 1. The molecule has 72 valence electrons. The minimum atomic E-state index is -0.468. The number of aryl methyl sites for hydroxylation is 1. The molecule has 0 aliphatic rings. The Balaban J connectivity index is 2.94. The first-order valence-corrected chi connectivity index (χ1v) is 4.48. The Bertz CT molecular complexity index is 464. The van der Waals surface area contributed by atoms with E-state index in [4.69, 9.17) is 17.3 Å². The highest BCUT2D eigenvalue weighted by molar-refractivity contribution is 6.36. The van der Waals surface area contributed by atoms with Gasteiger partial charge in [0.25, 0.3) is 0 Å². The van der Waals surface area contributed by atoms with E-state index < -0.39 is 5.82 Å². The zero-order valence-electron chi connectivity index (χ0n) is 7.51. The Morgan fingerprint density at radius 1 is 1.43 bits per heavy atom. The summed E-state index contributed by atoms with van der Waals surface area (Å²) in [5, 5.41) is 1.26. The number of benzene rings is 1. The summed E-state index contributed by atoms with van der Waals surface area (Å²) in [4.78, 5) is 4.05. The third-order valence-corrected chi connectivity index (χ3v) is 2.64. The zero-order valence-corrected chi connectivity index (χ0v) is 8.27. The van der Waals surface area contributed by atoms with Crippen molar-refractivity contribution in [1.29, 1.82) is 0 Å². The van der Waals surface area contributed by atoms with Crippen molar-refractivity contribution in [3.05, 3.63) is 34.7 Å². The van der Waals surface area contributed by atoms with Crippen LogP contribution in [0.1, 0.15) is 5.56 Å². The van der Waals surface area contributed by atoms with Crippen LogP contribution in [0.4, 0.5) is 10.1 Å². The molecule has 0 saturated heterocycles. The van der Waals surface area contributed by atoms with E-state index in [2.05, 4.69) is 4.98 Å². The van der Waals surface area contributed by atoms with Gasteiger partial charge in [0.2, 0.25) is 0 Å². The van der Waals surface area contributed by atoms with Gasteiger partial charge >= 0.3 is 0 Å². The molecular formula is C10H8ClFN2. The van der Waals surface area contributed by atoms with Crippen molar-refractivity contribution in [2.75, 3.05) is 5.73 Å². The number of rotatable bonds is 0. The normalized spacial score (nSPS) is 10.8. The smallest absolute Gasteiger partial charge is 0.148 e. The van der Waals surface area contributed by atoms with Crippen LogP contribution in [0.25, 0.3) is 10.9 Å². The largest absolute Gasteiger partial charge is 0.395 e. The molecule has 0 spiro atoms. The van der Waals surface area contributed by atoms with Crippen molar-refractivity contribution in [3.63, 3.8) is 0 Å². The van der Waals surface area contributed by atoms with Crippen molar-refractivity contribution >= 4 is 28.2 Å². The number of hydrogen-bond acceptors (Lipinski definition) is 2. The maximum atomic E-state index is 13.1. The van der Waals surface area contributed by atoms with Crippen molar-refractivity contribution in [2.24, 2.45) is 0 Å². The Morgan fingerprint density at radius 3 is 2.86 bits per heavy atom. The van der Waals surface area contributed by atoms with E-state index >= 15 is 0 Å². The van der Waals surface area contributed by atoms with Crippen LogP contribution in [0, 0.1) is 12.7 Å². The second kappa shape index (κ2) is 3.10. The van der Waals surface area contributed by atoms with Gasteiger partial charge in [-0.25, -0.2) is 4.39 Å². The molecule has 2 nitrogen and oxygen atoms in total. The number of pyridine rings is 1. The fourth-order valence-electron chi connectivity index (χ4n) is 1.33. The SMILES string of the molecule is Cc1cnc2c(N)c(F)ccc2c1Cl. The van der Waals surface area contributed by atoms with Crippen LogP contribution in [0.2, 0.25) is 5.02 Å². The third-order valence-electron chi connectivity index (χ3n) is 2.13. The summed E-state index contributed by atoms with van der Waals surface area (Å²) in [6.07, 6.45) is 1.58. The van der Waals surface area contributed by atoms with Crippen molar-refractivity contribution in [1.82, 2.24) is 4.98 Å². The van der Waals surface area contributed by atoms with Gasteiger partial charge in [-0.05, 0) is 24.6 Å². The monoisotopic (exact) mass is 210 g/mol. The highest BCUT2D eigenvalue weighted by atomic mass is 35.5. The van der Waals surface area contributed by atoms with E-state index in [0.717, 1.165) is 5.56 Å². The van der Waals surface area contributed by atoms with Gasteiger partial charge in [-0.2, -0.15) is 0 Å². The molecule has 2 aromatic rings. The zero-order chi connectivity index (χ0) is 10.3. The van der Waals surface area contributed by atoms with Gasteiger partial charge in [0.1, 0.15) is 5.82 Å². The van der Waals surface area contributed by atoms with Crippen LogP contribution < -0.4 is 5.73 Å². The highest BCUT2D eigenvalue weighted by Crippen LogP contribution is 2.29. The molecule has 0 radical (unpaired) electrons. The van der Waals surface area contributed by atoms with E-state index in [0.29, 0.717) is 15.9 Å². The van der Waals surface area contributed by atoms with Gasteiger partial charge in [0.05, 0.1) is 16.2 Å². The van der Waals surface area contributed by atoms with Crippen LogP contribution in [0.3, 0.4) is 0 Å². The summed E-state index contributed by atoms with van der Waals surface area (Å²) in [6.45, 7) is 1.84. The standard InChI is InChI=1S/C10H8ClFN2/c1-5-4-14-10-6(8(5)11)2-3-7(12)9(10)13/h2-4H,13H2,1H3. The van der Waals surface area contributed by atoms with Gasteiger partial charge in [0.15, 0.2) is 0 Å². The fraction of sp³-hybridized carbons (Fsp3) is 0.100. The fourth-order valence-corrected chi connectivity index (χ4v) is 1.53. The minimum Gasteiger partial charge on any atom is -0.395 e. The Kier molecular flexibility index (Phi) is 2.04. The van der Waals surface area contributed by atoms with Crippen LogP contribution >= 0.6 is 11.6 Å². The van der Waals surface area contributed by atoms with E-state index in [-0.39, 0.29) is 5.69 Å². The molecule has 4 heteroatoms. The molecule has 1 heterocycles. The topological polar surface area (TPSA) is 38.9 Å². The molecule has 0 saturated carbocycles. The Hall–Kier alpha value is -1.35. The predicted octanol–water partition coefficient (Wildman–Crippen LogP) is 2.92. The third kappa shape index (κ3) is 1.21. The van der Waals surface area contributed by atoms with E-state index in [9.17, 15) is 4.39 Å². The Morgan fingerprint density at radius 2 is 2.14 bits per heavy atom. The van der Waals surface area contributed by atoms with E-state index in [1.165, 1.54) is 6.07 Å². The summed E-state index contributed by atoms with van der Waals surface area (Å²) in [5.41, 5.74) is 6.86. The van der Waals surface area contributed by atoms with Gasteiger partial charge < -0.3 is 5.73 Å². The van der Waals surface area contributed by atoms with Crippen molar-refractivity contribution in [3.8, 4) is 0 Å². The first-order valence-electron chi connectivity index (χ1n) is 4.10. The van der Waals surface area contributed by atoms with Crippen LogP contribution in [0.15, 0.2) is 18.3 Å². The van der Waals surface area contributed by atoms with Gasteiger partial charge in [0, 0.05) is 11.6 Å². The van der Waals surface area contributed by atoms with Crippen LogP contribution in [-0.4, -0.2) is 4.98 Å². The molecule has 1 aromatic carbocycles. The van der Waals surface area contributed by atoms with E-state index in [1.807, 2.05) is 6.92 Å². The summed E-state index contributed by atoms with van der Waals surface area (Å²) in [6, 6.07) is 2.88.